The van der Waals surface area contributed by atoms with Crippen LogP contribution < -0.4 is 4.90 Å². The Labute approximate surface area is 151 Å². The number of ketones is 1. The van der Waals surface area contributed by atoms with Gasteiger partial charge in [0.25, 0.3) is 0 Å². The van der Waals surface area contributed by atoms with Gasteiger partial charge in [0.2, 0.25) is 5.41 Å². The Bertz CT molecular complexity index is 858. The van der Waals surface area contributed by atoms with Crippen LogP contribution in [0.15, 0.2) is 48.7 Å². The molecule has 0 amide bonds. The summed E-state index contributed by atoms with van der Waals surface area (Å²) >= 11 is 6.43. The van der Waals surface area contributed by atoms with E-state index in [4.69, 9.17) is 11.6 Å². The van der Waals surface area contributed by atoms with E-state index in [-0.39, 0.29) is 17.7 Å². The molecule has 1 saturated heterocycles. The summed E-state index contributed by atoms with van der Waals surface area (Å²) in [7, 11) is 0. The maximum Gasteiger partial charge on any atom is 0.211 e. The number of rotatable bonds is 3. The van der Waals surface area contributed by atoms with Crippen molar-refractivity contribution in [3.05, 3.63) is 59.3 Å². The Morgan fingerprint density at radius 2 is 1.92 bits per heavy atom. The first-order valence-corrected chi connectivity index (χ1v) is 8.84. The number of nitriles is 2. The summed E-state index contributed by atoms with van der Waals surface area (Å²) in [6, 6.07) is 11.0. The van der Waals surface area contributed by atoms with Crippen molar-refractivity contribution in [1.82, 2.24) is 0 Å². The third-order valence-electron chi connectivity index (χ3n) is 5.63. The quantitative estimate of drug-likeness (QED) is 0.908. The Balaban J connectivity index is 1.94. The fourth-order valence-corrected chi connectivity index (χ4v) is 4.58. The van der Waals surface area contributed by atoms with E-state index in [1.54, 1.807) is 6.07 Å². The van der Waals surface area contributed by atoms with Crippen molar-refractivity contribution in [1.29, 1.82) is 10.5 Å². The van der Waals surface area contributed by atoms with Crippen molar-refractivity contribution in [2.45, 2.75) is 30.8 Å². The molecule has 1 aliphatic carbocycles. The first-order chi connectivity index (χ1) is 12.1. The maximum absolute atomic E-state index is 13.1. The van der Waals surface area contributed by atoms with Crippen molar-refractivity contribution >= 4 is 17.4 Å². The summed E-state index contributed by atoms with van der Waals surface area (Å²) in [5.41, 5.74) is -0.605. The molecule has 1 saturated carbocycles. The molecule has 4 rings (SSSR count). The van der Waals surface area contributed by atoms with Crippen molar-refractivity contribution in [3.63, 3.8) is 0 Å². The van der Waals surface area contributed by atoms with Crippen molar-refractivity contribution in [2.24, 2.45) is 11.3 Å². The van der Waals surface area contributed by atoms with Crippen LogP contribution in [0.25, 0.3) is 0 Å². The summed E-state index contributed by atoms with van der Waals surface area (Å²) in [6.45, 7) is 0. The smallest absolute Gasteiger partial charge is 0.211 e. The number of hydrogen-bond acceptors (Lipinski definition) is 3. The lowest BCUT2D eigenvalue weighted by atomic mass is 9.69. The zero-order valence-corrected chi connectivity index (χ0v) is 14.3. The van der Waals surface area contributed by atoms with Gasteiger partial charge in [-0.3, -0.25) is 9.69 Å². The second kappa shape index (κ2) is 5.85. The lowest BCUT2D eigenvalue weighted by Crippen LogP contribution is -3.14. The minimum absolute atomic E-state index is 0.0515. The molecular weight excluding hydrogens is 334 g/mol. The van der Waals surface area contributed by atoms with E-state index in [1.165, 1.54) is 0 Å². The number of quaternary nitrogens is 1. The van der Waals surface area contributed by atoms with Gasteiger partial charge in [-0.1, -0.05) is 35.9 Å². The van der Waals surface area contributed by atoms with E-state index in [9.17, 15) is 15.3 Å². The maximum atomic E-state index is 13.1. The second-order valence-corrected chi connectivity index (χ2v) is 7.38. The third-order valence-corrected chi connectivity index (χ3v) is 5.98. The number of nitrogens with one attached hydrogen (secondary N) is 1. The average Bonchev–Trinajstić information content (AvgIpc) is 3.44. The number of Topliss-reactive ketones (excluding diaryl/α,β-unsaturated/α-hetero) is 1. The van der Waals surface area contributed by atoms with Gasteiger partial charge in [0.1, 0.15) is 6.04 Å². The molecule has 5 heteroatoms. The molecule has 0 spiro atoms. The predicted octanol–water partition coefficient (Wildman–Crippen LogP) is 2.16. The topological polar surface area (TPSA) is 69.1 Å². The molecule has 0 radical (unpaired) electrons. The fourth-order valence-electron chi connectivity index (χ4n) is 4.32. The van der Waals surface area contributed by atoms with Gasteiger partial charge in [-0.2, -0.15) is 10.5 Å². The van der Waals surface area contributed by atoms with Crippen molar-refractivity contribution < 1.29 is 9.69 Å². The van der Waals surface area contributed by atoms with E-state index in [1.807, 2.05) is 42.6 Å². The van der Waals surface area contributed by atoms with Gasteiger partial charge in [0, 0.05) is 10.9 Å². The molecule has 1 aromatic rings. The summed E-state index contributed by atoms with van der Waals surface area (Å²) < 4.78 is 0. The molecule has 1 N–H and O–H groups in total. The summed E-state index contributed by atoms with van der Waals surface area (Å²) in [5.74, 6) is -0.343. The number of halogens is 1. The van der Waals surface area contributed by atoms with Crippen LogP contribution in [0.5, 0.6) is 0 Å². The Morgan fingerprint density at radius 1 is 1.20 bits per heavy atom. The van der Waals surface area contributed by atoms with Gasteiger partial charge < -0.3 is 0 Å². The van der Waals surface area contributed by atoms with E-state index in [0.717, 1.165) is 23.3 Å². The normalized spacial score (nSPS) is 31.8. The van der Waals surface area contributed by atoms with Crippen LogP contribution in [-0.4, -0.2) is 17.9 Å². The SMILES string of the molecule is N#CC1(C#N)[C@H](c2ccccc2Cl)[C@H](C(=O)C2CC2)[NH+]2C=CC=C[C@@H]21. The van der Waals surface area contributed by atoms with Crippen LogP contribution in [0.1, 0.15) is 24.3 Å². The molecule has 3 aliphatic rings. The van der Waals surface area contributed by atoms with Gasteiger partial charge in [-0.25, -0.2) is 0 Å². The number of carbonyl (C=O) groups excluding carboxylic acids is 1. The standard InChI is InChI=1S/C20H16ClN3O/c21-15-6-2-1-5-14(15)17-18(19(25)13-8-9-13)24-10-4-3-7-16(24)20(17,11-22)12-23/h1-7,10,13,16-18H,8-9H2/p+1/t16-,17-,18-/m1/s1. The monoisotopic (exact) mass is 350 g/mol. The molecule has 4 nitrogen and oxygen atoms in total. The van der Waals surface area contributed by atoms with Crippen LogP contribution in [0.4, 0.5) is 0 Å². The fraction of sp³-hybridized carbons (Fsp3) is 0.350. The number of allylic oxidation sites excluding steroid dienone is 2. The number of hydrogen-bond donors (Lipinski definition) is 1. The molecule has 2 aliphatic heterocycles. The third kappa shape index (κ3) is 2.26. The van der Waals surface area contributed by atoms with Gasteiger partial charge in [0.15, 0.2) is 11.8 Å². The largest absolute Gasteiger partial charge is 0.293 e. The first kappa shape index (κ1) is 16.1. The number of nitrogens with zero attached hydrogens (tertiary/aromatic N) is 2. The predicted molar refractivity (Wildman–Crippen MR) is 92.4 cm³/mol. The second-order valence-electron chi connectivity index (χ2n) is 6.97. The van der Waals surface area contributed by atoms with Gasteiger partial charge >= 0.3 is 0 Å². The van der Waals surface area contributed by atoms with Crippen LogP contribution in [0.3, 0.4) is 0 Å². The van der Waals surface area contributed by atoms with E-state index >= 15 is 0 Å². The summed E-state index contributed by atoms with van der Waals surface area (Å²) in [4.78, 5) is 14.0. The molecular formula is C20H17ClN3O+. The lowest BCUT2D eigenvalue weighted by molar-refractivity contribution is -0.872. The highest BCUT2D eigenvalue weighted by Crippen LogP contribution is 2.48. The zero-order valence-electron chi connectivity index (χ0n) is 13.5. The van der Waals surface area contributed by atoms with Crippen LogP contribution in [0.2, 0.25) is 5.02 Å². The number of fused-ring (bicyclic) bond motifs is 1. The average molecular weight is 351 g/mol. The summed E-state index contributed by atoms with van der Waals surface area (Å²) in [5, 5.41) is 20.6. The number of benzene rings is 1. The van der Waals surface area contributed by atoms with Gasteiger partial charge in [-0.05, 0) is 36.6 Å². The molecule has 25 heavy (non-hydrogen) atoms. The molecule has 1 unspecified atom stereocenters. The van der Waals surface area contributed by atoms with Gasteiger partial charge in [-0.15, -0.1) is 0 Å². The zero-order chi connectivity index (χ0) is 17.6. The first-order valence-electron chi connectivity index (χ1n) is 8.46. The Morgan fingerprint density at radius 3 is 2.56 bits per heavy atom. The molecule has 124 valence electrons. The summed E-state index contributed by atoms with van der Waals surface area (Å²) in [6.07, 6.45) is 9.32. The Kier molecular flexibility index (Phi) is 3.76. The Hall–Kier alpha value is -2.40. The lowest BCUT2D eigenvalue weighted by Gasteiger charge is -2.24. The van der Waals surface area contributed by atoms with Gasteiger partial charge in [0.05, 0.1) is 24.3 Å². The molecule has 4 atom stereocenters. The van der Waals surface area contributed by atoms with Crippen molar-refractivity contribution in [2.75, 3.05) is 0 Å². The minimum Gasteiger partial charge on any atom is -0.293 e. The van der Waals surface area contributed by atoms with Crippen LogP contribution in [-0.2, 0) is 4.79 Å². The van der Waals surface area contributed by atoms with Crippen molar-refractivity contribution in [3.8, 4) is 12.1 Å². The highest BCUT2D eigenvalue weighted by Gasteiger charge is 2.67. The highest BCUT2D eigenvalue weighted by atomic mass is 35.5. The van der Waals surface area contributed by atoms with E-state index in [0.29, 0.717) is 5.02 Å². The minimum atomic E-state index is -1.32. The molecule has 2 heterocycles. The van der Waals surface area contributed by atoms with E-state index < -0.39 is 17.4 Å². The number of carbonyl (C=O) groups is 1. The van der Waals surface area contributed by atoms with Crippen LogP contribution >= 0.6 is 11.6 Å². The van der Waals surface area contributed by atoms with Crippen LogP contribution in [0, 0.1) is 34.0 Å². The molecule has 1 aromatic carbocycles. The molecule has 0 aromatic heterocycles. The highest BCUT2D eigenvalue weighted by molar-refractivity contribution is 6.31. The van der Waals surface area contributed by atoms with E-state index in [2.05, 4.69) is 12.1 Å². The molecule has 2 fully saturated rings. The molecule has 0 bridgehead atoms.